The van der Waals surface area contributed by atoms with Gasteiger partial charge in [-0.25, -0.2) is 0 Å². The van der Waals surface area contributed by atoms with E-state index in [2.05, 4.69) is 17.6 Å². The molecule has 0 bridgehead atoms. The van der Waals surface area contributed by atoms with E-state index in [1.54, 1.807) is 12.1 Å². The van der Waals surface area contributed by atoms with E-state index in [0.29, 0.717) is 30.6 Å². The molecule has 6 heteroatoms. The lowest BCUT2D eigenvalue weighted by Crippen LogP contribution is -2.33. The first-order valence-electron chi connectivity index (χ1n) is 8.52. The zero-order valence-electron chi connectivity index (χ0n) is 14.2. The van der Waals surface area contributed by atoms with E-state index in [1.165, 1.54) is 0 Å². The van der Waals surface area contributed by atoms with Gasteiger partial charge in [-0.2, -0.15) is 0 Å². The maximum Gasteiger partial charge on any atom is 0.255 e. The normalized spacial score (nSPS) is 16.4. The maximum atomic E-state index is 12.2. The Kier molecular flexibility index (Phi) is 7.06. The highest BCUT2D eigenvalue weighted by atomic mass is 16.5. The lowest BCUT2D eigenvalue weighted by Gasteiger charge is -2.27. The number of primary amides is 1. The van der Waals surface area contributed by atoms with E-state index in [0.717, 1.165) is 31.5 Å². The SMILES string of the molecule is CC(CC(=O)NCc1cccc(OCC(N)=O)c1)C1CCNCC1. The van der Waals surface area contributed by atoms with Crippen molar-refractivity contribution in [1.82, 2.24) is 10.6 Å². The van der Waals surface area contributed by atoms with E-state index in [4.69, 9.17) is 10.5 Å². The first kappa shape index (κ1) is 18.3. The second kappa shape index (κ2) is 9.27. The Morgan fingerprint density at radius 2 is 2.12 bits per heavy atom. The van der Waals surface area contributed by atoms with E-state index < -0.39 is 5.91 Å². The van der Waals surface area contributed by atoms with Gasteiger partial charge >= 0.3 is 0 Å². The van der Waals surface area contributed by atoms with E-state index in [-0.39, 0.29) is 12.5 Å². The van der Waals surface area contributed by atoms with Gasteiger partial charge in [-0.15, -0.1) is 0 Å². The van der Waals surface area contributed by atoms with Crippen molar-refractivity contribution in [2.75, 3.05) is 19.7 Å². The molecular weight excluding hydrogens is 306 g/mol. The topological polar surface area (TPSA) is 93.4 Å². The van der Waals surface area contributed by atoms with Crippen molar-refractivity contribution in [3.05, 3.63) is 29.8 Å². The fourth-order valence-corrected chi connectivity index (χ4v) is 3.04. The number of nitrogens with two attached hydrogens (primary N) is 1. The van der Waals surface area contributed by atoms with Crippen molar-refractivity contribution in [3.63, 3.8) is 0 Å². The average molecular weight is 333 g/mol. The van der Waals surface area contributed by atoms with Crippen LogP contribution in [0, 0.1) is 11.8 Å². The van der Waals surface area contributed by atoms with Gasteiger partial charge in [0.25, 0.3) is 5.91 Å². The summed E-state index contributed by atoms with van der Waals surface area (Å²) >= 11 is 0. The van der Waals surface area contributed by atoms with Crippen LogP contribution < -0.4 is 21.1 Å². The van der Waals surface area contributed by atoms with Gasteiger partial charge in [0.15, 0.2) is 6.61 Å². The predicted octanol–water partition coefficient (Wildman–Crippen LogP) is 1.19. The molecule has 6 nitrogen and oxygen atoms in total. The Hall–Kier alpha value is -2.08. The molecule has 4 N–H and O–H groups in total. The summed E-state index contributed by atoms with van der Waals surface area (Å²) in [5.41, 5.74) is 5.99. The summed E-state index contributed by atoms with van der Waals surface area (Å²) in [6.07, 6.45) is 2.85. The molecular formula is C18H27N3O3. The van der Waals surface area contributed by atoms with Gasteiger partial charge in [0.2, 0.25) is 5.91 Å². The molecule has 0 radical (unpaired) electrons. The van der Waals surface area contributed by atoms with Crippen LogP contribution in [0.4, 0.5) is 0 Å². The summed E-state index contributed by atoms with van der Waals surface area (Å²) in [5, 5.41) is 6.31. The average Bonchev–Trinajstić information content (AvgIpc) is 2.59. The van der Waals surface area contributed by atoms with Crippen molar-refractivity contribution in [1.29, 1.82) is 0 Å². The summed E-state index contributed by atoms with van der Waals surface area (Å²) < 4.78 is 5.27. The molecule has 24 heavy (non-hydrogen) atoms. The first-order valence-corrected chi connectivity index (χ1v) is 8.52. The molecule has 1 aromatic carbocycles. The molecule has 1 saturated heterocycles. The molecule has 0 aliphatic carbocycles. The summed E-state index contributed by atoms with van der Waals surface area (Å²) in [6, 6.07) is 7.30. The summed E-state index contributed by atoms with van der Waals surface area (Å²) in [6.45, 7) is 4.56. The summed E-state index contributed by atoms with van der Waals surface area (Å²) in [5.74, 6) is 1.16. The molecule has 2 amide bonds. The van der Waals surface area contributed by atoms with E-state index >= 15 is 0 Å². The Balaban J connectivity index is 1.76. The molecule has 1 heterocycles. The number of carbonyl (C=O) groups excluding carboxylic acids is 2. The standard InChI is InChI=1S/C18H27N3O3/c1-13(15-5-7-20-8-6-15)9-18(23)21-11-14-3-2-4-16(10-14)24-12-17(19)22/h2-4,10,13,15,20H,5-9,11-12H2,1H3,(H2,19,22)(H,21,23). The highest BCUT2D eigenvalue weighted by molar-refractivity contribution is 5.76. The number of piperidine rings is 1. The first-order chi connectivity index (χ1) is 11.5. The molecule has 1 unspecified atom stereocenters. The van der Waals surface area contributed by atoms with Gasteiger partial charge in [0.1, 0.15) is 5.75 Å². The Bertz CT molecular complexity index is 556. The van der Waals surface area contributed by atoms with E-state index in [9.17, 15) is 9.59 Å². The third-order valence-electron chi connectivity index (χ3n) is 4.47. The highest BCUT2D eigenvalue weighted by Gasteiger charge is 2.21. The Morgan fingerprint density at radius 3 is 2.83 bits per heavy atom. The van der Waals surface area contributed by atoms with Gasteiger partial charge < -0.3 is 21.1 Å². The Labute approximate surface area is 143 Å². The minimum absolute atomic E-state index is 0.0736. The van der Waals surface area contributed by atoms with Crippen LogP contribution in [-0.2, 0) is 16.1 Å². The quantitative estimate of drug-likeness (QED) is 0.666. The summed E-state index contributed by atoms with van der Waals surface area (Å²) in [4.78, 5) is 22.9. The number of hydrogen-bond donors (Lipinski definition) is 3. The maximum absolute atomic E-state index is 12.2. The second-order valence-corrected chi connectivity index (χ2v) is 6.45. The van der Waals surface area contributed by atoms with E-state index in [1.807, 2.05) is 12.1 Å². The number of carbonyl (C=O) groups is 2. The van der Waals surface area contributed by atoms with Gasteiger partial charge in [0.05, 0.1) is 0 Å². The molecule has 0 aromatic heterocycles. The molecule has 1 aromatic rings. The third-order valence-corrected chi connectivity index (χ3v) is 4.47. The number of benzene rings is 1. The molecule has 0 spiro atoms. The number of ether oxygens (including phenoxy) is 1. The van der Waals surface area contributed by atoms with Gasteiger partial charge in [-0.3, -0.25) is 9.59 Å². The largest absolute Gasteiger partial charge is 0.484 e. The molecule has 1 aliphatic rings. The van der Waals surface area contributed by atoms with Crippen LogP contribution in [0.15, 0.2) is 24.3 Å². The highest BCUT2D eigenvalue weighted by Crippen LogP contribution is 2.24. The monoisotopic (exact) mass is 333 g/mol. The van der Waals surface area contributed by atoms with Gasteiger partial charge in [0, 0.05) is 13.0 Å². The lowest BCUT2D eigenvalue weighted by molar-refractivity contribution is -0.122. The zero-order valence-corrected chi connectivity index (χ0v) is 14.2. The van der Waals surface area contributed by atoms with Crippen LogP contribution in [0.1, 0.15) is 31.7 Å². The van der Waals surface area contributed by atoms with Crippen LogP contribution in [0.5, 0.6) is 5.75 Å². The van der Waals surface area contributed by atoms with Crippen LogP contribution >= 0.6 is 0 Å². The van der Waals surface area contributed by atoms with Crippen molar-refractivity contribution in [3.8, 4) is 5.75 Å². The summed E-state index contributed by atoms with van der Waals surface area (Å²) in [7, 11) is 0. The van der Waals surface area contributed by atoms with Crippen molar-refractivity contribution in [2.24, 2.45) is 17.6 Å². The fraction of sp³-hybridized carbons (Fsp3) is 0.556. The second-order valence-electron chi connectivity index (χ2n) is 6.45. The van der Waals surface area contributed by atoms with Crippen molar-refractivity contribution < 1.29 is 14.3 Å². The predicted molar refractivity (Wildman–Crippen MR) is 92.4 cm³/mol. The van der Waals surface area contributed by atoms with Crippen LogP contribution in [0.25, 0.3) is 0 Å². The zero-order chi connectivity index (χ0) is 17.4. The minimum Gasteiger partial charge on any atom is -0.484 e. The van der Waals surface area contributed by atoms with Crippen LogP contribution in [0.2, 0.25) is 0 Å². The molecule has 1 aliphatic heterocycles. The third kappa shape index (κ3) is 6.20. The number of nitrogens with one attached hydrogen (secondary N) is 2. The molecule has 0 saturated carbocycles. The van der Waals surface area contributed by atoms with Crippen molar-refractivity contribution in [2.45, 2.75) is 32.7 Å². The lowest BCUT2D eigenvalue weighted by atomic mass is 9.84. The fourth-order valence-electron chi connectivity index (χ4n) is 3.04. The number of rotatable bonds is 8. The van der Waals surface area contributed by atoms with Crippen molar-refractivity contribution >= 4 is 11.8 Å². The van der Waals surface area contributed by atoms with Crippen LogP contribution in [-0.4, -0.2) is 31.5 Å². The smallest absolute Gasteiger partial charge is 0.255 e. The van der Waals surface area contributed by atoms with Crippen LogP contribution in [0.3, 0.4) is 0 Å². The molecule has 132 valence electrons. The number of hydrogen-bond acceptors (Lipinski definition) is 4. The molecule has 1 atom stereocenters. The molecule has 1 fully saturated rings. The minimum atomic E-state index is -0.513. The Morgan fingerprint density at radius 1 is 1.38 bits per heavy atom. The number of amides is 2. The van der Waals surface area contributed by atoms with Gasteiger partial charge in [-0.05, 0) is 55.5 Å². The van der Waals surface area contributed by atoms with Gasteiger partial charge in [-0.1, -0.05) is 19.1 Å². The molecule has 2 rings (SSSR count).